The molecule has 18 heavy (non-hydrogen) atoms. The van der Waals surface area contributed by atoms with Crippen LogP contribution in [0.25, 0.3) is 0 Å². The Bertz CT molecular complexity index is 405. The predicted octanol–water partition coefficient (Wildman–Crippen LogP) is 2.84. The number of hydrogen-bond donors (Lipinski definition) is 1. The summed E-state index contributed by atoms with van der Waals surface area (Å²) < 4.78 is 0. The van der Waals surface area contributed by atoms with Crippen molar-refractivity contribution in [2.75, 3.05) is 19.7 Å². The molecule has 0 aromatic heterocycles. The Labute approximate surface area is 110 Å². The number of fused-ring (bicyclic) bond motifs is 1. The van der Waals surface area contributed by atoms with E-state index in [9.17, 15) is 5.11 Å². The molecule has 1 aromatic carbocycles. The molecule has 1 aliphatic heterocycles. The fourth-order valence-electron chi connectivity index (χ4n) is 3.95. The highest BCUT2D eigenvalue weighted by Gasteiger charge is 2.49. The number of aliphatic hydroxyl groups is 1. The first-order chi connectivity index (χ1) is 8.75. The van der Waals surface area contributed by atoms with Crippen LogP contribution in [0.4, 0.5) is 0 Å². The third-order valence-corrected chi connectivity index (χ3v) is 5.21. The zero-order valence-electron chi connectivity index (χ0n) is 11.2. The summed E-state index contributed by atoms with van der Waals surface area (Å²) in [6.45, 7) is 4.90. The smallest absolute Gasteiger partial charge is 0.0502 e. The second-order valence-electron chi connectivity index (χ2n) is 6.13. The van der Waals surface area contributed by atoms with E-state index in [0.717, 1.165) is 13.1 Å². The topological polar surface area (TPSA) is 23.5 Å². The number of likely N-dealkylation sites (tertiary alicyclic amines) is 1. The van der Waals surface area contributed by atoms with Crippen molar-refractivity contribution in [3.05, 3.63) is 35.9 Å². The molecule has 98 valence electrons. The highest BCUT2D eigenvalue weighted by atomic mass is 16.3. The van der Waals surface area contributed by atoms with E-state index in [4.69, 9.17) is 0 Å². The molecule has 2 nitrogen and oxygen atoms in total. The van der Waals surface area contributed by atoms with Crippen molar-refractivity contribution in [3.8, 4) is 0 Å². The van der Waals surface area contributed by atoms with Crippen LogP contribution in [0.1, 0.15) is 37.8 Å². The molecule has 3 atom stereocenters. The highest BCUT2D eigenvalue weighted by Crippen LogP contribution is 2.49. The van der Waals surface area contributed by atoms with Crippen molar-refractivity contribution in [2.24, 2.45) is 11.3 Å². The van der Waals surface area contributed by atoms with Gasteiger partial charge in [-0.2, -0.15) is 0 Å². The van der Waals surface area contributed by atoms with Gasteiger partial charge in [0, 0.05) is 24.5 Å². The second kappa shape index (κ2) is 4.67. The largest absolute Gasteiger partial charge is 0.396 e. The van der Waals surface area contributed by atoms with E-state index >= 15 is 0 Å². The number of aliphatic hydroxyl groups excluding tert-OH is 1. The van der Waals surface area contributed by atoms with Crippen LogP contribution < -0.4 is 0 Å². The Balaban J connectivity index is 1.76. The fourth-order valence-corrected chi connectivity index (χ4v) is 3.95. The summed E-state index contributed by atoms with van der Waals surface area (Å²) in [6.07, 6.45) is 3.82. The van der Waals surface area contributed by atoms with Crippen molar-refractivity contribution in [1.82, 2.24) is 4.90 Å². The van der Waals surface area contributed by atoms with Gasteiger partial charge < -0.3 is 5.11 Å². The number of benzene rings is 1. The summed E-state index contributed by atoms with van der Waals surface area (Å²) in [4.78, 5) is 2.56. The Hall–Kier alpha value is -0.860. The Morgan fingerprint density at radius 1 is 1.39 bits per heavy atom. The molecule has 1 N–H and O–H groups in total. The van der Waals surface area contributed by atoms with Crippen LogP contribution >= 0.6 is 0 Å². The Morgan fingerprint density at radius 3 is 2.83 bits per heavy atom. The van der Waals surface area contributed by atoms with Crippen molar-refractivity contribution < 1.29 is 5.11 Å². The summed E-state index contributed by atoms with van der Waals surface area (Å²) in [5.41, 5.74) is 1.61. The third kappa shape index (κ3) is 1.88. The van der Waals surface area contributed by atoms with Crippen LogP contribution in [0.3, 0.4) is 0 Å². The minimum Gasteiger partial charge on any atom is -0.396 e. The molecule has 0 amide bonds. The second-order valence-corrected chi connectivity index (χ2v) is 6.13. The molecule has 0 spiro atoms. The van der Waals surface area contributed by atoms with Gasteiger partial charge in [0.1, 0.15) is 0 Å². The van der Waals surface area contributed by atoms with Gasteiger partial charge in [0.05, 0.1) is 6.61 Å². The standard InChI is InChI=1S/C16H23NO/c1-13(14-6-3-2-4-7-14)17-10-15-8-5-9-16(15,11-17)12-18/h2-4,6-7,13,15,18H,5,8-12H2,1H3/t13-,15-,16+/m0/s1. The number of nitrogens with zero attached hydrogens (tertiary/aromatic N) is 1. The first-order valence-corrected chi connectivity index (χ1v) is 7.15. The predicted molar refractivity (Wildman–Crippen MR) is 73.3 cm³/mol. The van der Waals surface area contributed by atoms with Crippen LogP contribution in [0.5, 0.6) is 0 Å². The lowest BCUT2D eigenvalue weighted by atomic mass is 9.82. The van der Waals surface area contributed by atoms with E-state index in [1.165, 1.54) is 24.8 Å². The van der Waals surface area contributed by atoms with Crippen LogP contribution in [0.2, 0.25) is 0 Å². The highest BCUT2D eigenvalue weighted by molar-refractivity contribution is 5.19. The molecular weight excluding hydrogens is 222 g/mol. The number of hydrogen-bond acceptors (Lipinski definition) is 2. The SMILES string of the molecule is C[C@@H](c1ccccc1)N1C[C@@H]2CCC[C@]2(CO)C1. The lowest BCUT2D eigenvalue weighted by Crippen LogP contribution is -2.32. The molecule has 0 radical (unpaired) electrons. The summed E-state index contributed by atoms with van der Waals surface area (Å²) in [7, 11) is 0. The van der Waals surface area contributed by atoms with Gasteiger partial charge >= 0.3 is 0 Å². The molecule has 0 bridgehead atoms. The third-order valence-electron chi connectivity index (χ3n) is 5.21. The van der Waals surface area contributed by atoms with E-state index in [0.29, 0.717) is 18.6 Å². The average molecular weight is 245 g/mol. The molecule has 3 rings (SSSR count). The average Bonchev–Trinajstić information content (AvgIpc) is 2.95. The van der Waals surface area contributed by atoms with Gasteiger partial charge in [-0.1, -0.05) is 36.8 Å². The molecule has 1 aliphatic carbocycles. The van der Waals surface area contributed by atoms with Gasteiger partial charge in [0.15, 0.2) is 0 Å². The van der Waals surface area contributed by atoms with Crippen molar-refractivity contribution in [1.29, 1.82) is 0 Å². The van der Waals surface area contributed by atoms with E-state index in [1.54, 1.807) is 0 Å². The van der Waals surface area contributed by atoms with Crippen molar-refractivity contribution in [3.63, 3.8) is 0 Å². The minimum atomic E-state index is 0.211. The van der Waals surface area contributed by atoms with Crippen molar-refractivity contribution in [2.45, 2.75) is 32.2 Å². The van der Waals surface area contributed by atoms with E-state index in [1.807, 2.05) is 0 Å². The molecule has 1 heterocycles. The first kappa shape index (κ1) is 12.2. The molecular formula is C16H23NO. The molecule has 2 aliphatic rings. The van der Waals surface area contributed by atoms with Crippen LogP contribution in [0.15, 0.2) is 30.3 Å². The molecule has 0 unspecified atom stereocenters. The fraction of sp³-hybridized carbons (Fsp3) is 0.625. The molecule has 1 saturated carbocycles. The van der Waals surface area contributed by atoms with Crippen LogP contribution in [-0.2, 0) is 0 Å². The molecule has 1 aromatic rings. The minimum absolute atomic E-state index is 0.211. The van der Waals surface area contributed by atoms with Gasteiger partial charge in [0.25, 0.3) is 0 Å². The summed E-state index contributed by atoms with van der Waals surface area (Å²) >= 11 is 0. The summed E-state index contributed by atoms with van der Waals surface area (Å²) in [5, 5.41) is 9.77. The monoisotopic (exact) mass is 245 g/mol. The maximum Gasteiger partial charge on any atom is 0.0502 e. The maximum absolute atomic E-state index is 9.77. The van der Waals surface area contributed by atoms with Gasteiger partial charge in [-0.05, 0) is 31.2 Å². The van der Waals surface area contributed by atoms with E-state index in [-0.39, 0.29) is 5.41 Å². The number of rotatable bonds is 3. The zero-order chi connectivity index (χ0) is 12.6. The molecule has 2 heteroatoms. The Morgan fingerprint density at radius 2 is 2.17 bits per heavy atom. The molecule has 2 fully saturated rings. The van der Waals surface area contributed by atoms with Crippen LogP contribution in [-0.4, -0.2) is 29.7 Å². The lowest BCUT2D eigenvalue weighted by molar-refractivity contribution is 0.107. The summed E-state index contributed by atoms with van der Waals surface area (Å²) in [6, 6.07) is 11.2. The maximum atomic E-state index is 9.77. The normalized spacial score (nSPS) is 33.6. The van der Waals surface area contributed by atoms with Gasteiger partial charge in [0.2, 0.25) is 0 Å². The first-order valence-electron chi connectivity index (χ1n) is 7.15. The quantitative estimate of drug-likeness (QED) is 0.885. The lowest BCUT2D eigenvalue weighted by Gasteiger charge is -2.29. The van der Waals surface area contributed by atoms with E-state index < -0.39 is 0 Å². The van der Waals surface area contributed by atoms with Gasteiger partial charge in [-0.25, -0.2) is 0 Å². The summed E-state index contributed by atoms with van der Waals surface area (Å²) in [5.74, 6) is 0.716. The zero-order valence-corrected chi connectivity index (χ0v) is 11.2. The van der Waals surface area contributed by atoms with Gasteiger partial charge in [-0.3, -0.25) is 4.90 Å². The Kier molecular flexibility index (Phi) is 3.16. The van der Waals surface area contributed by atoms with Crippen LogP contribution in [0, 0.1) is 11.3 Å². The van der Waals surface area contributed by atoms with Gasteiger partial charge in [-0.15, -0.1) is 0 Å². The van der Waals surface area contributed by atoms with Crippen molar-refractivity contribution >= 4 is 0 Å². The molecule has 1 saturated heterocycles. The van der Waals surface area contributed by atoms with E-state index in [2.05, 4.69) is 42.2 Å².